The van der Waals surface area contributed by atoms with E-state index in [-0.39, 0.29) is 5.75 Å². The number of carboxylic acid groups (broad SMARTS) is 1. The molecular weight excluding hydrogens is 286 g/mol. The summed E-state index contributed by atoms with van der Waals surface area (Å²) in [5.41, 5.74) is 0.426. The van der Waals surface area contributed by atoms with Crippen LogP contribution in [-0.2, 0) is 4.79 Å². The van der Waals surface area contributed by atoms with Crippen LogP contribution >= 0.6 is 0 Å². The van der Waals surface area contributed by atoms with Crippen molar-refractivity contribution in [3.05, 3.63) is 30.9 Å². The van der Waals surface area contributed by atoms with Gasteiger partial charge in [0, 0.05) is 6.07 Å². The molecule has 116 valence electrons. The molecule has 0 saturated heterocycles. The quantitative estimate of drug-likeness (QED) is 0.808. The normalized spacial score (nSPS) is 11.9. The summed E-state index contributed by atoms with van der Waals surface area (Å²) in [4.78, 5) is 22.8. The highest BCUT2D eigenvalue weighted by atomic mass is 16.5. The maximum Gasteiger partial charge on any atom is 0.344 e. The minimum Gasteiger partial charge on any atom is -0.507 e. The van der Waals surface area contributed by atoms with E-state index in [0.717, 1.165) is 12.8 Å². The maximum absolute atomic E-state index is 11.2. The number of aliphatic carboxylic acids is 1. The highest BCUT2D eigenvalue weighted by molar-refractivity contribution is 5.73. The van der Waals surface area contributed by atoms with E-state index < -0.39 is 12.1 Å². The largest absolute Gasteiger partial charge is 0.507 e. The number of aromatic nitrogens is 3. The molecule has 7 nitrogen and oxygen atoms in total. The zero-order valence-electron chi connectivity index (χ0n) is 12.1. The van der Waals surface area contributed by atoms with Crippen LogP contribution in [0.15, 0.2) is 30.9 Å². The van der Waals surface area contributed by atoms with E-state index in [2.05, 4.69) is 15.0 Å². The predicted octanol–water partition coefficient (Wildman–Crippen LogP) is 2.27. The summed E-state index contributed by atoms with van der Waals surface area (Å²) in [5, 5.41) is 19.2. The van der Waals surface area contributed by atoms with Crippen LogP contribution in [0.4, 0.5) is 0 Å². The number of aromatic hydroxyl groups is 1. The zero-order chi connectivity index (χ0) is 15.9. The average molecular weight is 303 g/mol. The number of phenolic OH excluding ortho intramolecular Hbond substituents is 1. The molecule has 0 amide bonds. The van der Waals surface area contributed by atoms with Crippen molar-refractivity contribution >= 4 is 5.97 Å². The molecule has 0 aliphatic rings. The molecule has 1 unspecified atom stereocenters. The van der Waals surface area contributed by atoms with E-state index in [0.29, 0.717) is 23.6 Å². The van der Waals surface area contributed by atoms with Gasteiger partial charge >= 0.3 is 5.97 Å². The Bertz CT molecular complexity index is 634. The molecule has 0 saturated carbocycles. The third kappa shape index (κ3) is 3.91. The van der Waals surface area contributed by atoms with Gasteiger partial charge in [0.25, 0.3) is 0 Å². The van der Waals surface area contributed by atoms with Crippen molar-refractivity contribution < 1.29 is 19.7 Å². The van der Waals surface area contributed by atoms with Gasteiger partial charge in [-0.3, -0.25) is 0 Å². The molecule has 22 heavy (non-hydrogen) atoms. The van der Waals surface area contributed by atoms with Crippen molar-refractivity contribution in [3.63, 3.8) is 0 Å². The molecule has 0 aliphatic heterocycles. The Kier molecular flexibility index (Phi) is 5.24. The molecule has 0 radical (unpaired) electrons. The first kappa shape index (κ1) is 15.7. The second-order valence-electron chi connectivity index (χ2n) is 4.73. The Hall–Kier alpha value is -2.70. The summed E-state index contributed by atoms with van der Waals surface area (Å²) in [6, 6.07) is 4.53. The molecule has 7 heteroatoms. The second-order valence-corrected chi connectivity index (χ2v) is 4.73. The van der Waals surface area contributed by atoms with Crippen LogP contribution in [0.2, 0.25) is 0 Å². The minimum atomic E-state index is -1.02. The lowest BCUT2D eigenvalue weighted by atomic mass is 10.1. The molecule has 1 aromatic heterocycles. The Labute approximate surface area is 127 Å². The monoisotopic (exact) mass is 303 g/mol. The molecule has 1 aromatic carbocycles. The second kappa shape index (κ2) is 7.35. The van der Waals surface area contributed by atoms with Gasteiger partial charge in [-0.15, -0.1) is 0 Å². The third-order valence-corrected chi connectivity index (χ3v) is 3.08. The number of carboxylic acids is 1. The molecule has 0 fully saturated rings. The summed E-state index contributed by atoms with van der Waals surface area (Å²) in [5.74, 6) is -0.476. The molecule has 0 spiro atoms. The van der Waals surface area contributed by atoms with Crippen LogP contribution in [0.5, 0.6) is 11.5 Å². The highest BCUT2D eigenvalue weighted by Gasteiger charge is 2.19. The van der Waals surface area contributed by atoms with E-state index in [4.69, 9.17) is 9.84 Å². The van der Waals surface area contributed by atoms with E-state index in [1.54, 1.807) is 12.1 Å². The van der Waals surface area contributed by atoms with Gasteiger partial charge in [0.05, 0.1) is 5.56 Å². The van der Waals surface area contributed by atoms with Crippen molar-refractivity contribution in [2.75, 3.05) is 0 Å². The highest BCUT2D eigenvalue weighted by Crippen LogP contribution is 2.30. The van der Waals surface area contributed by atoms with E-state index in [1.165, 1.54) is 18.7 Å². The molecule has 1 heterocycles. The first-order valence-electron chi connectivity index (χ1n) is 6.96. The molecule has 2 rings (SSSR count). The fourth-order valence-corrected chi connectivity index (χ4v) is 1.94. The lowest BCUT2D eigenvalue weighted by molar-refractivity contribution is -0.145. The summed E-state index contributed by atoms with van der Waals surface area (Å²) in [6.45, 7) is 1.98. The van der Waals surface area contributed by atoms with Crippen molar-refractivity contribution in [2.24, 2.45) is 0 Å². The number of hydrogen-bond acceptors (Lipinski definition) is 6. The maximum atomic E-state index is 11.2. The van der Waals surface area contributed by atoms with Crippen molar-refractivity contribution in [3.8, 4) is 22.9 Å². The van der Waals surface area contributed by atoms with Gasteiger partial charge in [-0.2, -0.15) is 0 Å². The van der Waals surface area contributed by atoms with Crippen LogP contribution in [0.25, 0.3) is 11.4 Å². The standard InChI is InChI=1S/C15H17N3O4/c1-2-3-4-13(15(20)21)22-10-5-6-11(12(19)7-10)14-17-8-16-9-18-14/h5-9,13,19H,2-4H2,1H3,(H,20,21). The summed E-state index contributed by atoms with van der Waals surface area (Å²) in [7, 11) is 0. The molecule has 0 bridgehead atoms. The Morgan fingerprint density at radius 2 is 2.05 bits per heavy atom. The first-order chi connectivity index (χ1) is 10.6. The molecule has 0 aliphatic carbocycles. The van der Waals surface area contributed by atoms with Gasteiger partial charge in [0.1, 0.15) is 24.2 Å². The fourth-order valence-electron chi connectivity index (χ4n) is 1.94. The molecule has 2 N–H and O–H groups in total. The summed E-state index contributed by atoms with van der Waals surface area (Å²) < 4.78 is 5.44. The van der Waals surface area contributed by atoms with Crippen LogP contribution in [0, 0.1) is 0 Å². The van der Waals surface area contributed by atoms with E-state index >= 15 is 0 Å². The molecule has 2 aromatic rings. The van der Waals surface area contributed by atoms with Gasteiger partial charge in [-0.1, -0.05) is 13.3 Å². The number of hydrogen-bond donors (Lipinski definition) is 2. The van der Waals surface area contributed by atoms with Gasteiger partial charge in [0.15, 0.2) is 11.9 Å². The number of unbranched alkanes of at least 4 members (excludes halogenated alkanes) is 1. The molecular formula is C15H17N3O4. The first-order valence-corrected chi connectivity index (χ1v) is 6.96. The number of benzene rings is 1. The van der Waals surface area contributed by atoms with Crippen LogP contribution in [0.3, 0.4) is 0 Å². The summed E-state index contributed by atoms with van der Waals surface area (Å²) in [6.07, 6.45) is 3.79. The minimum absolute atomic E-state index is 0.0802. The Balaban J connectivity index is 2.16. The van der Waals surface area contributed by atoms with Crippen LogP contribution in [-0.4, -0.2) is 37.2 Å². The number of ether oxygens (including phenoxy) is 1. The van der Waals surface area contributed by atoms with Crippen LogP contribution < -0.4 is 4.74 Å². The smallest absolute Gasteiger partial charge is 0.344 e. The van der Waals surface area contributed by atoms with Crippen LogP contribution in [0.1, 0.15) is 26.2 Å². The zero-order valence-corrected chi connectivity index (χ0v) is 12.1. The average Bonchev–Trinajstić information content (AvgIpc) is 2.52. The van der Waals surface area contributed by atoms with E-state index in [1.807, 2.05) is 6.92 Å². The Morgan fingerprint density at radius 1 is 1.32 bits per heavy atom. The van der Waals surface area contributed by atoms with Gasteiger partial charge in [0.2, 0.25) is 0 Å². The SMILES string of the molecule is CCCCC(Oc1ccc(-c2ncncn2)c(O)c1)C(=O)O. The lowest BCUT2D eigenvalue weighted by Gasteiger charge is -2.15. The van der Waals surface area contributed by atoms with Crippen molar-refractivity contribution in [1.29, 1.82) is 0 Å². The topological polar surface area (TPSA) is 105 Å². The Morgan fingerprint density at radius 3 is 2.64 bits per heavy atom. The lowest BCUT2D eigenvalue weighted by Crippen LogP contribution is -2.26. The third-order valence-electron chi connectivity index (χ3n) is 3.08. The summed E-state index contributed by atoms with van der Waals surface area (Å²) >= 11 is 0. The van der Waals surface area contributed by atoms with Crippen molar-refractivity contribution in [1.82, 2.24) is 15.0 Å². The number of nitrogens with zero attached hydrogens (tertiary/aromatic N) is 3. The predicted molar refractivity (Wildman–Crippen MR) is 78.5 cm³/mol. The fraction of sp³-hybridized carbons (Fsp3) is 0.333. The van der Waals surface area contributed by atoms with Crippen molar-refractivity contribution in [2.45, 2.75) is 32.3 Å². The van der Waals surface area contributed by atoms with Gasteiger partial charge < -0.3 is 14.9 Å². The van der Waals surface area contributed by atoms with E-state index in [9.17, 15) is 9.90 Å². The number of carbonyl (C=O) groups is 1. The van der Waals surface area contributed by atoms with Gasteiger partial charge in [-0.25, -0.2) is 19.7 Å². The molecule has 1 atom stereocenters. The number of rotatable bonds is 7. The van der Waals surface area contributed by atoms with Gasteiger partial charge in [-0.05, 0) is 25.0 Å². The number of phenols is 1.